The molecule has 1 fully saturated rings. The molecule has 5 N–H and O–H groups in total. The maximum absolute atomic E-state index is 12.4. The molecule has 0 radical (unpaired) electrons. The number of carbonyl (C=O) groups is 1. The second kappa shape index (κ2) is 7.70. The molecule has 4 atom stereocenters. The van der Waals surface area contributed by atoms with Crippen molar-refractivity contribution in [2.75, 3.05) is 0 Å². The molecule has 0 saturated carbocycles. The molecule has 1 aliphatic rings. The first-order chi connectivity index (χ1) is 10.1. The summed E-state index contributed by atoms with van der Waals surface area (Å²) in [7, 11) is 0. The monoisotopic (exact) mass is 311 g/mol. The summed E-state index contributed by atoms with van der Waals surface area (Å²) in [5.74, 6) is -0.152. The molecule has 6 nitrogen and oxygen atoms in total. The average molecular weight is 312 g/mol. The Hall–Kier alpha value is -1.21. The van der Waals surface area contributed by atoms with Crippen LogP contribution in [0.4, 0.5) is 0 Å². The molecular weight excluding hydrogens is 290 g/mol. The van der Waals surface area contributed by atoms with E-state index < -0.39 is 17.6 Å². The van der Waals surface area contributed by atoms with Crippen molar-refractivity contribution in [2.24, 2.45) is 5.73 Å². The molecule has 0 spiro atoms. The Kier molecular flexibility index (Phi) is 5.93. The molecular formula is C14H22ClN5O. The Morgan fingerprint density at radius 2 is 2.38 bits per heavy atom. The number of pyridine rings is 1. The minimum atomic E-state index is -0.539. The zero-order valence-corrected chi connectivity index (χ0v) is 12.8. The molecule has 1 aromatic rings. The summed E-state index contributed by atoms with van der Waals surface area (Å²) in [5.41, 5.74) is 12.3. The lowest BCUT2D eigenvalue weighted by atomic mass is 10.0. The number of rotatable bonds is 6. The van der Waals surface area contributed by atoms with Crippen molar-refractivity contribution >= 4 is 17.5 Å². The number of alkyl halides is 1. The van der Waals surface area contributed by atoms with Gasteiger partial charge in [0.2, 0.25) is 5.91 Å². The number of hydrogen-bond acceptors (Lipinski definition) is 5. The van der Waals surface area contributed by atoms with Gasteiger partial charge in [0.1, 0.15) is 6.04 Å². The van der Waals surface area contributed by atoms with Crippen molar-refractivity contribution in [3.8, 4) is 0 Å². The molecule has 21 heavy (non-hydrogen) atoms. The molecule has 2 rings (SSSR count). The first-order valence-corrected chi connectivity index (χ1v) is 7.68. The van der Waals surface area contributed by atoms with Crippen LogP contribution in [0.25, 0.3) is 0 Å². The highest BCUT2D eigenvalue weighted by Gasteiger charge is 2.37. The first-order valence-electron chi connectivity index (χ1n) is 7.24. The summed E-state index contributed by atoms with van der Waals surface area (Å²) >= 11 is 6.13. The Bertz CT molecular complexity index is 458. The lowest BCUT2D eigenvalue weighted by molar-refractivity contribution is -0.123. The number of aromatic nitrogens is 1. The van der Waals surface area contributed by atoms with Crippen molar-refractivity contribution in [1.82, 2.24) is 21.2 Å². The number of unbranched alkanes of at least 4 members (excludes halogenated alkanes) is 1. The Balaban J connectivity index is 2.03. The second-order valence-electron chi connectivity index (χ2n) is 5.23. The van der Waals surface area contributed by atoms with Crippen LogP contribution in [0.15, 0.2) is 24.5 Å². The van der Waals surface area contributed by atoms with Gasteiger partial charge in [0.15, 0.2) is 0 Å². The molecule has 2 heterocycles. The quantitative estimate of drug-likeness (QED) is 0.583. The van der Waals surface area contributed by atoms with Crippen LogP contribution in [0.2, 0.25) is 0 Å². The third-order valence-electron chi connectivity index (χ3n) is 3.60. The highest BCUT2D eigenvalue weighted by molar-refractivity contribution is 6.23. The molecule has 1 aliphatic heterocycles. The summed E-state index contributed by atoms with van der Waals surface area (Å²) in [6, 6.07) is 3.24. The number of nitrogens with zero attached hydrogens (tertiary/aromatic N) is 1. The van der Waals surface area contributed by atoms with Gasteiger partial charge in [0.25, 0.3) is 0 Å². The SMILES string of the molecule is CCCCC(NC(=O)C1NNC(N)C1Cl)c1cccnc1. The maximum Gasteiger partial charge on any atom is 0.240 e. The number of nitrogens with two attached hydrogens (primary N) is 1. The fourth-order valence-electron chi connectivity index (χ4n) is 2.34. The number of hydrazine groups is 1. The Labute approximate surface area is 129 Å². The third-order valence-corrected chi connectivity index (χ3v) is 4.12. The number of nitrogens with one attached hydrogen (secondary N) is 3. The van der Waals surface area contributed by atoms with Crippen molar-refractivity contribution in [3.63, 3.8) is 0 Å². The van der Waals surface area contributed by atoms with Gasteiger partial charge in [0.05, 0.1) is 17.6 Å². The third kappa shape index (κ3) is 4.14. The fraction of sp³-hybridized carbons (Fsp3) is 0.571. The van der Waals surface area contributed by atoms with Crippen LogP contribution in [-0.4, -0.2) is 28.5 Å². The zero-order valence-electron chi connectivity index (χ0n) is 12.1. The van der Waals surface area contributed by atoms with Crippen LogP contribution in [0.1, 0.15) is 37.8 Å². The van der Waals surface area contributed by atoms with Gasteiger partial charge in [-0.2, -0.15) is 0 Å². The van der Waals surface area contributed by atoms with E-state index in [9.17, 15) is 4.79 Å². The average Bonchev–Trinajstić information content (AvgIpc) is 2.84. The highest BCUT2D eigenvalue weighted by atomic mass is 35.5. The normalized spacial score (nSPS) is 26.5. The zero-order chi connectivity index (χ0) is 15.2. The molecule has 1 aromatic heterocycles. The van der Waals surface area contributed by atoms with Gasteiger partial charge in [-0.1, -0.05) is 25.8 Å². The second-order valence-corrected chi connectivity index (χ2v) is 5.73. The van der Waals surface area contributed by atoms with E-state index in [1.165, 1.54) is 0 Å². The molecule has 0 aliphatic carbocycles. The molecule has 1 saturated heterocycles. The molecule has 4 unspecified atom stereocenters. The summed E-state index contributed by atoms with van der Waals surface area (Å²) in [5, 5.41) is 2.56. The van der Waals surface area contributed by atoms with Gasteiger partial charge in [-0.25, -0.2) is 10.9 Å². The first kappa shape index (κ1) is 16.2. The van der Waals surface area contributed by atoms with Crippen LogP contribution in [0, 0.1) is 0 Å². The minimum Gasteiger partial charge on any atom is -0.348 e. The van der Waals surface area contributed by atoms with E-state index in [-0.39, 0.29) is 11.9 Å². The summed E-state index contributed by atoms with van der Waals surface area (Å²) in [6.45, 7) is 2.12. The number of carbonyl (C=O) groups excluding carboxylic acids is 1. The Morgan fingerprint density at radius 1 is 1.57 bits per heavy atom. The van der Waals surface area contributed by atoms with E-state index in [0.717, 1.165) is 24.8 Å². The lowest BCUT2D eigenvalue weighted by Crippen LogP contribution is -2.47. The van der Waals surface area contributed by atoms with E-state index in [1.54, 1.807) is 12.4 Å². The van der Waals surface area contributed by atoms with Crippen molar-refractivity contribution in [1.29, 1.82) is 0 Å². The predicted octanol–water partition coefficient (Wildman–Crippen LogP) is 0.798. The van der Waals surface area contributed by atoms with Crippen LogP contribution >= 0.6 is 11.6 Å². The van der Waals surface area contributed by atoms with Gasteiger partial charge in [-0.05, 0) is 18.1 Å². The smallest absolute Gasteiger partial charge is 0.240 e. The van der Waals surface area contributed by atoms with E-state index in [4.69, 9.17) is 17.3 Å². The van der Waals surface area contributed by atoms with Gasteiger partial charge < -0.3 is 11.1 Å². The number of halogens is 1. The predicted molar refractivity (Wildman–Crippen MR) is 82.3 cm³/mol. The topological polar surface area (TPSA) is 92.1 Å². The molecule has 0 bridgehead atoms. The molecule has 7 heteroatoms. The molecule has 1 amide bonds. The summed E-state index contributed by atoms with van der Waals surface area (Å²) in [4.78, 5) is 16.5. The van der Waals surface area contributed by atoms with E-state index in [1.807, 2.05) is 12.1 Å². The van der Waals surface area contributed by atoms with Crippen molar-refractivity contribution < 1.29 is 4.79 Å². The number of amides is 1. The van der Waals surface area contributed by atoms with Gasteiger partial charge in [0, 0.05) is 12.4 Å². The number of hydrogen-bond donors (Lipinski definition) is 4. The van der Waals surface area contributed by atoms with Crippen LogP contribution < -0.4 is 21.9 Å². The van der Waals surface area contributed by atoms with Gasteiger partial charge >= 0.3 is 0 Å². The van der Waals surface area contributed by atoms with Crippen LogP contribution in [0.5, 0.6) is 0 Å². The summed E-state index contributed by atoms with van der Waals surface area (Å²) < 4.78 is 0. The molecule has 116 valence electrons. The Morgan fingerprint density at radius 3 is 2.95 bits per heavy atom. The van der Waals surface area contributed by atoms with Crippen molar-refractivity contribution in [3.05, 3.63) is 30.1 Å². The molecule has 0 aromatic carbocycles. The fourth-order valence-corrected chi connectivity index (χ4v) is 2.58. The van der Waals surface area contributed by atoms with Gasteiger partial charge in [-0.15, -0.1) is 11.6 Å². The minimum absolute atomic E-state index is 0.0614. The van der Waals surface area contributed by atoms with E-state index >= 15 is 0 Å². The largest absolute Gasteiger partial charge is 0.348 e. The van der Waals surface area contributed by atoms with Crippen molar-refractivity contribution in [2.45, 2.75) is 49.8 Å². The standard InChI is InChI=1S/C14H22ClN5O/c1-2-3-6-10(9-5-4-7-17-8-9)18-14(21)12-11(15)13(16)20-19-12/h4-5,7-8,10-13,19-20H,2-3,6,16H2,1H3,(H,18,21). The lowest BCUT2D eigenvalue weighted by Gasteiger charge is -2.22. The van der Waals surface area contributed by atoms with E-state index in [2.05, 4.69) is 28.1 Å². The summed E-state index contributed by atoms with van der Waals surface area (Å²) in [6.07, 6.45) is 6.03. The van der Waals surface area contributed by atoms with Crippen LogP contribution in [0.3, 0.4) is 0 Å². The maximum atomic E-state index is 12.4. The van der Waals surface area contributed by atoms with E-state index in [0.29, 0.717) is 0 Å². The highest BCUT2D eigenvalue weighted by Crippen LogP contribution is 2.20. The van der Waals surface area contributed by atoms with Crippen LogP contribution in [-0.2, 0) is 4.79 Å². The van der Waals surface area contributed by atoms with Gasteiger partial charge in [-0.3, -0.25) is 9.78 Å².